The number of hydrogen-bond acceptors (Lipinski definition) is 6. The van der Waals surface area contributed by atoms with E-state index in [-0.39, 0.29) is 17.3 Å². The van der Waals surface area contributed by atoms with Gasteiger partial charge in [-0.2, -0.15) is 0 Å². The molecule has 0 aliphatic carbocycles. The van der Waals surface area contributed by atoms with Crippen molar-refractivity contribution in [1.82, 2.24) is 0 Å². The first-order valence-corrected chi connectivity index (χ1v) is 9.64. The van der Waals surface area contributed by atoms with Crippen molar-refractivity contribution in [3.8, 4) is 23.0 Å². The van der Waals surface area contributed by atoms with Gasteiger partial charge in [0.2, 0.25) is 5.78 Å². The Morgan fingerprint density at radius 3 is 2.39 bits per heavy atom. The second-order valence-electron chi connectivity index (χ2n) is 6.61. The van der Waals surface area contributed by atoms with Crippen LogP contribution < -0.4 is 18.9 Å². The number of esters is 1. The number of rotatable bonds is 5. The van der Waals surface area contributed by atoms with Crippen molar-refractivity contribution < 1.29 is 28.5 Å². The molecule has 1 heterocycles. The molecule has 0 bridgehead atoms. The van der Waals surface area contributed by atoms with Crippen LogP contribution in [0.4, 0.5) is 0 Å². The first-order valence-electron chi connectivity index (χ1n) is 9.26. The van der Waals surface area contributed by atoms with E-state index in [2.05, 4.69) is 0 Å². The fraction of sp³-hybridized carbons (Fsp3) is 0.0833. The van der Waals surface area contributed by atoms with E-state index in [9.17, 15) is 9.59 Å². The van der Waals surface area contributed by atoms with Crippen molar-refractivity contribution >= 4 is 29.4 Å². The Bertz CT molecular complexity index is 1200. The highest BCUT2D eigenvalue weighted by molar-refractivity contribution is 6.30. The number of allylic oxidation sites excluding steroid dienone is 1. The molecule has 31 heavy (non-hydrogen) atoms. The van der Waals surface area contributed by atoms with E-state index in [0.717, 1.165) is 0 Å². The van der Waals surface area contributed by atoms with E-state index in [0.29, 0.717) is 39.0 Å². The molecule has 0 aromatic heterocycles. The van der Waals surface area contributed by atoms with Crippen LogP contribution >= 0.6 is 11.6 Å². The van der Waals surface area contributed by atoms with Crippen LogP contribution in [0.5, 0.6) is 23.0 Å². The van der Waals surface area contributed by atoms with Crippen LogP contribution in [-0.2, 0) is 0 Å². The molecule has 0 amide bonds. The van der Waals surface area contributed by atoms with Crippen LogP contribution in [0.1, 0.15) is 26.3 Å². The number of Topliss-reactive ketones (excluding diaryl/α,β-unsaturated/α-hetero) is 1. The van der Waals surface area contributed by atoms with Gasteiger partial charge in [-0.05, 0) is 60.2 Å². The van der Waals surface area contributed by atoms with Gasteiger partial charge in [-0.3, -0.25) is 4.79 Å². The lowest BCUT2D eigenvalue weighted by Crippen LogP contribution is -2.08. The zero-order valence-corrected chi connectivity index (χ0v) is 17.4. The quantitative estimate of drug-likeness (QED) is 0.311. The third-order valence-corrected chi connectivity index (χ3v) is 4.89. The predicted molar refractivity (Wildman–Crippen MR) is 115 cm³/mol. The average Bonchev–Trinajstić information content (AvgIpc) is 3.08. The Morgan fingerprint density at radius 1 is 0.935 bits per heavy atom. The van der Waals surface area contributed by atoms with E-state index in [1.807, 2.05) is 0 Å². The summed E-state index contributed by atoms with van der Waals surface area (Å²) in [4.78, 5) is 25.0. The molecular weight excluding hydrogens is 420 g/mol. The molecule has 6 nitrogen and oxygen atoms in total. The summed E-state index contributed by atoms with van der Waals surface area (Å²) in [6, 6.07) is 16.2. The molecule has 156 valence electrons. The van der Waals surface area contributed by atoms with Crippen molar-refractivity contribution in [2.24, 2.45) is 0 Å². The number of halogens is 1. The minimum absolute atomic E-state index is 0.156. The Hall–Kier alpha value is -3.77. The lowest BCUT2D eigenvalue weighted by Gasteiger charge is -2.08. The number of ether oxygens (including phenoxy) is 4. The third-order valence-electron chi connectivity index (χ3n) is 4.64. The zero-order valence-electron chi connectivity index (χ0n) is 16.7. The lowest BCUT2D eigenvalue weighted by atomic mass is 10.1. The van der Waals surface area contributed by atoms with Gasteiger partial charge in [0, 0.05) is 11.1 Å². The molecule has 1 aliphatic rings. The van der Waals surface area contributed by atoms with Gasteiger partial charge in [0.05, 0.1) is 25.3 Å². The highest BCUT2D eigenvalue weighted by atomic mass is 35.5. The van der Waals surface area contributed by atoms with E-state index in [1.54, 1.807) is 67.8 Å². The smallest absolute Gasteiger partial charge is 0.343 e. The topological polar surface area (TPSA) is 71.1 Å². The molecule has 3 aromatic carbocycles. The number of carbonyl (C=O) groups is 2. The van der Waals surface area contributed by atoms with Crippen molar-refractivity contribution in [3.63, 3.8) is 0 Å². The lowest BCUT2D eigenvalue weighted by molar-refractivity contribution is 0.0734. The van der Waals surface area contributed by atoms with Gasteiger partial charge in [0.1, 0.15) is 11.5 Å². The van der Waals surface area contributed by atoms with Crippen LogP contribution in [0.3, 0.4) is 0 Å². The van der Waals surface area contributed by atoms with Gasteiger partial charge in [0.25, 0.3) is 0 Å². The standard InChI is InChI=1S/C24H17ClO6/c1-28-19-10-3-14(11-21(19)29-2)12-22-23(26)18-9-8-17(13-20(18)31-22)30-24(27)15-4-6-16(25)7-5-15/h3-13H,1-2H3. The summed E-state index contributed by atoms with van der Waals surface area (Å²) in [7, 11) is 3.09. The molecule has 1 aliphatic heterocycles. The molecule has 3 aromatic rings. The van der Waals surface area contributed by atoms with Gasteiger partial charge in [-0.15, -0.1) is 0 Å². The number of benzene rings is 3. The van der Waals surface area contributed by atoms with Crippen molar-refractivity contribution in [3.05, 3.63) is 88.1 Å². The summed E-state index contributed by atoms with van der Waals surface area (Å²) in [5.74, 6) is 1.05. The van der Waals surface area contributed by atoms with Crippen molar-refractivity contribution in [2.75, 3.05) is 14.2 Å². The second kappa shape index (κ2) is 8.53. The van der Waals surface area contributed by atoms with Crippen LogP contribution in [-0.4, -0.2) is 26.0 Å². The van der Waals surface area contributed by atoms with Crippen LogP contribution in [0.25, 0.3) is 6.08 Å². The Kier molecular flexibility index (Phi) is 5.64. The van der Waals surface area contributed by atoms with Crippen LogP contribution in [0.2, 0.25) is 5.02 Å². The summed E-state index contributed by atoms with van der Waals surface area (Å²) in [5, 5.41) is 0.523. The molecule has 7 heteroatoms. The van der Waals surface area contributed by atoms with Gasteiger partial charge in [-0.25, -0.2) is 4.79 Å². The first-order chi connectivity index (χ1) is 15.0. The number of ketones is 1. The average molecular weight is 437 g/mol. The second-order valence-corrected chi connectivity index (χ2v) is 7.05. The fourth-order valence-electron chi connectivity index (χ4n) is 3.08. The van der Waals surface area contributed by atoms with E-state index in [4.69, 9.17) is 30.5 Å². The van der Waals surface area contributed by atoms with Gasteiger partial charge < -0.3 is 18.9 Å². The van der Waals surface area contributed by atoms with Gasteiger partial charge >= 0.3 is 5.97 Å². The summed E-state index contributed by atoms with van der Waals surface area (Å²) >= 11 is 5.84. The Balaban J connectivity index is 1.55. The maximum Gasteiger partial charge on any atom is 0.343 e. The molecule has 0 saturated carbocycles. The predicted octanol–water partition coefficient (Wildman–Crippen LogP) is 5.19. The van der Waals surface area contributed by atoms with Crippen LogP contribution in [0, 0.1) is 0 Å². The van der Waals surface area contributed by atoms with E-state index < -0.39 is 5.97 Å². The maximum atomic E-state index is 12.7. The highest BCUT2D eigenvalue weighted by Crippen LogP contribution is 2.36. The summed E-state index contributed by atoms with van der Waals surface area (Å²) in [5.41, 5.74) is 1.46. The number of fused-ring (bicyclic) bond motifs is 1. The zero-order chi connectivity index (χ0) is 22.0. The molecule has 4 rings (SSSR count). The fourth-order valence-corrected chi connectivity index (χ4v) is 3.20. The molecular formula is C24H17ClO6. The first kappa shape index (κ1) is 20.5. The molecule has 0 N–H and O–H groups in total. The Morgan fingerprint density at radius 2 is 1.68 bits per heavy atom. The SMILES string of the molecule is COc1ccc(C=C2Oc3cc(OC(=O)c4ccc(Cl)cc4)ccc3C2=O)cc1OC. The third kappa shape index (κ3) is 4.25. The molecule has 0 saturated heterocycles. The summed E-state index contributed by atoms with van der Waals surface area (Å²) in [6.07, 6.45) is 1.61. The van der Waals surface area contributed by atoms with Crippen LogP contribution in [0.15, 0.2) is 66.4 Å². The minimum Gasteiger partial charge on any atom is -0.493 e. The monoisotopic (exact) mass is 436 g/mol. The molecule has 0 unspecified atom stereocenters. The largest absolute Gasteiger partial charge is 0.493 e. The summed E-state index contributed by atoms with van der Waals surface area (Å²) < 4.78 is 21.6. The maximum absolute atomic E-state index is 12.7. The van der Waals surface area contributed by atoms with Crippen molar-refractivity contribution in [1.29, 1.82) is 0 Å². The highest BCUT2D eigenvalue weighted by Gasteiger charge is 2.28. The molecule has 0 fully saturated rings. The van der Waals surface area contributed by atoms with Gasteiger partial charge in [-0.1, -0.05) is 17.7 Å². The number of carbonyl (C=O) groups excluding carboxylic acids is 2. The molecule has 0 atom stereocenters. The minimum atomic E-state index is -0.540. The summed E-state index contributed by atoms with van der Waals surface area (Å²) in [6.45, 7) is 0. The van der Waals surface area contributed by atoms with Gasteiger partial charge in [0.15, 0.2) is 17.3 Å². The van der Waals surface area contributed by atoms with Crippen molar-refractivity contribution in [2.45, 2.75) is 0 Å². The molecule has 0 radical (unpaired) electrons. The number of hydrogen-bond donors (Lipinski definition) is 0. The Labute approximate surface area is 183 Å². The van der Waals surface area contributed by atoms with E-state index in [1.165, 1.54) is 13.2 Å². The molecule has 0 spiro atoms. The van der Waals surface area contributed by atoms with E-state index >= 15 is 0 Å². The number of methoxy groups -OCH3 is 2. The normalized spacial score (nSPS) is 13.5.